The molecule has 0 aromatic carbocycles. The zero-order valence-electron chi connectivity index (χ0n) is 4.67. The van der Waals surface area contributed by atoms with Crippen LogP contribution in [0.3, 0.4) is 0 Å². The lowest BCUT2D eigenvalue weighted by Gasteiger charge is -2.08. The van der Waals surface area contributed by atoms with Crippen molar-refractivity contribution in [3.05, 3.63) is 0 Å². The second-order valence-corrected chi connectivity index (χ2v) is 2.65. The maximum atomic E-state index is 10.7. The van der Waals surface area contributed by atoms with Gasteiger partial charge < -0.3 is 4.74 Å². The lowest BCUT2D eigenvalue weighted by molar-refractivity contribution is 0.0625. The largest absolute Gasteiger partial charge is 0.369 e. The summed E-state index contributed by atoms with van der Waals surface area (Å²) in [4.78, 5) is 0. The highest BCUT2D eigenvalue weighted by Gasteiger charge is 2.43. The Kier molecular flexibility index (Phi) is 0.866. The van der Waals surface area contributed by atoms with E-state index in [2.05, 4.69) is 0 Å². The van der Waals surface area contributed by atoms with Crippen LogP contribution >= 0.6 is 0 Å². The van der Waals surface area contributed by atoms with E-state index in [4.69, 9.17) is 4.74 Å². The maximum absolute atomic E-state index is 10.7. The van der Waals surface area contributed by atoms with E-state index in [0.717, 1.165) is 19.3 Å². The molecule has 2 rings (SSSR count). The molecule has 1 saturated heterocycles. The van der Waals surface area contributed by atoms with Crippen LogP contribution in [0.2, 0.25) is 0 Å². The minimum Gasteiger partial charge on any atom is -0.369 e. The standard InChI is InChI=1S/C6H9O2/c7-4-1-2-5-6(3-4)8-5/h4-6H,1-3H2. The van der Waals surface area contributed by atoms with Crippen molar-refractivity contribution < 1.29 is 9.84 Å². The molecule has 1 heterocycles. The third-order valence-corrected chi connectivity index (χ3v) is 1.96. The minimum atomic E-state index is -0.321. The summed E-state index contributed by atoms with van der Waals surface area (Å²) in [6.45, 7) is 0. The van der Waals surface area contributed by atoms with Gasteiger partial charge in [-0.05, 0) is 12.8 Å². The highest BCUT2D eigenvalue weighted by molar-refractivity contribution is 4.91. The summed E-state index contributed by atoms with van der Waals surface area (Å²) >= 11 is 0. The Balaban J connectivity index is 1.93. The number of ether oxygens (including phenoxy) is 1. The first-order chi connectivity index (χ1) is 3.86. The molecule has 1 aliphatic heterocycles. The van der Waals surface area contributed by atoms with Gasteiger partial charge in [0.15, 0.2) is 0 Å². The lowest BCUT2D eigenvalue weighted by atomic mass is 9.98. The zero-order chi connectivity index (χ0) is 5.56. The number of fused-ring (bicyclic) bond motifs is 1. The van der Waals surface area contributed by atoms with Crippen molar-refractivity contribution in [2.24, 2.45) is 0 Å². The molecule has 8 heavy (non-hydrogen) atoms. The van der Waals surface area contributed by atoms with Crippen LogP contribution in [0.5, 0.6) is 0 Å². The molecule has 3 atom stereocenters. The van der Waals surface area contributed by atoms with E-state index < -0.39 is 0 Å². The Morgan fingerprint density at radius 3 is 2.75 bits per heavy atom. The first-order valence-corrected chi connectivity index (χ1v) is 3.17. The average Bonchev–Trinajstić information content (AvgIpc) is 2.43. The molecular formula is C6H9O2. The van der Waals surface area contributed by atoms with Crippen LogP contribution < -0.4 is 0 Å². The van der Waals surface area contributed by atoms with Gasteiger partial charge in [0.2, 0.25) is 0 Å². The van der Waals surface area contributed by atoms with Crippen LogP contribution in [0.1, 0.15) is 19.3 Å². The molecule has 0 bridgehead atoms. The Bertz CT molecular complexity index is 103. The van der Waals surface area contributed by atoms with Gasteiger partial charge in [0, 0.05) is 6.42 Å². The third-order valence-electron chi connectivity index (χ3n) is 1.96. The van der Waals surface area contributed by atoms with Gasteiger partial charge in [-0.2, -0.15) is 0 Å². The van der Waals surface area contributed by atoms with E-state index in [-0.39, 0.29) is 6.10 Å². The van der Waals surface area contributed by atoms with Gasteiger partial charge in [0.25, 0.3) is 0 Å². The molecule has 45 valence electrons. The fourth-order valence-electron chi connectivity index (χ4n) is 1.37. The van der Waals surface area contributed by atoms with Crippen molar-refractivity contribution in [2.75, 3.05) is 0 Å². The molecule has 2 heteroatoms. The van der Waals surface area contributed by atoms with Crippen molar-refractivity contribution >= 4 is 0 Å². The third kappa shape index (κ3) is 0.644. The van der Waals surface area contributed by atoms with Gasteiger partial charge in [0.1, 0.15) is 0 Å². The van der Waals surface area contributed by atoms with Crippen molar-refractivity contribution in [1.82, 2.24) is 0 Å². The molecule has 0 aromatic heterocycles. The van der Waals surface area contributed by atoms with Crippen molar-refractivity contribution in [1.29, 1.82) is 0 Å². The maximum Gasteiger partial charge on any atom is 0.0956 e. The van der Waals surface area contributed by atoms with E-state index >= 15 is 0 Å². The van der Waals surface area contributed by atoms with Crippen molar-refractivity contribution in [3.63, 3.8) is 0 Å². The lowest BCUT2D eigenvalue weighted by Crippen LogP contribution is -2.15. The van der Waals surface area contributed by atoms with Gasteiger partial charge in [-0.15, -0.1) is 0 Å². The molecule has 2 aliphatic rings. The van der Waals surface area contributed by atoms with E-state index in [1.807, 2.05) is 0 Å². The molecular weight excluding hydrogens is 104 g/mol. The van der Waals surface area contributed by atoms with Crippen LogP contribution in [-0.2, 0) is 9.84 Å². The summed E-state index contributed by atoms with van der Waals surface area (Å²) in [5.74, 6) is 0. The Labute approximate surface area is 48.5 Å². The molecule has 1 radical (unpaired) electrons. The minimum absolute atomic E-state index is 0.321. The molecule has 1 saturated carbocycles. The topological polar surface area (TPSA) is 32.4 Å². The van der Waals surface area contributed by atoms with Gasteiger partial charge in [-0.3, -0.25) is 0 Å². The summed E-state index contributed by atoms with van der Waals surface area (Å²) in [7, 11) is 0. The highest BCUT2D eigenvalue weighted by Crippen LogP contribution is 2.36. The molecule has 2 nitrogen and oxygen atoms in total. The predicted molar refractivity (Wildman–Crippen MR) is 27.0 cm³/mol. The van der Waals surface area contributed by atoms with Crippen LogP contribution in [0.15, 0.2) is 0 Å². The zero-order valence-corrected chi connectivity index (χ0v) is 4.67. The van der Waals surface area contributed by atoms with E-state index in [1.165, 1.54) is 0 Å². The van der Waals surface area contributed by atoms with Crippen LogP contribution in [0.4, 0.5) is 0 Å². The molecule has 0 aromatic rings. The molecule has 0 amide bonds. The Hall–Kier alpha value is -0.0800. The fourth-order valence-corrected chi connectivity index (χ4v) is 1.37. The average molecular weight is 113 g/mol. The number of rotatable bonds is 0. The highest BCUT2D eigenvalue weighted by atomic mass is 16.6. The van der Waals surface area contributed by atoms with E-state index in [9.17, 15) is 5.11 Å². The number of hydrogen-bond donors (Lipinski definition) is 0. The molecule has 0 N–H and O–H groups in total. The summed E-state index contributed by atoms with van der Waals surface area (Å²) in [5, 5.41) is 10.7. The second-order valence-electron chi connectivity index (χ2n) is 2.65. The molecule has 3 unspecified atom stereocenters. The fraction of sp³-hybridized carbons (Fsp3) is 1.00. The van der Waals surface area contributed by atoms with Gasteiger partial charge in [-0.25, -0.2) is 5.11 Å². The monoisotopic (exact) mass is 113 g/mol. The van der Waals surface area contributed by atoms with Gasteiger partial charge >= 0.3 is 0 Å². The summed E-state index contributed by atoms with van der Waals surface area (Å²) in [6.07, 6.45) is 3.15. The van der Waals surface area contributed by atoms with E-state index in [1.54, 1.807) is 0 Å². The molecule has 1 aliphatic carbocycles. The SMILES string of the molecule is [O]C1CCC2OC2C1. The number of epoxide rings is 1. The summed E-state index contributed by atoms with van der Waals surface area (Å²) < 4.78 is 5.15. The van der Waals surface area contributed by atoms with Crippen LogP contribution in [-0.4, -0.2) is 18.3 Å². The van der Waals surface area contributed by atoms with Crippen LogP contribution in [0, 0.1) is 0 Å². The molecule has 0 spiro atoms. The van der Waals surface area contributed by atoms with Gasteiger partial charge in [-0.1, -0.05) is 0 Å². The van der Waals surface area contributed by atoms with Crippen molar-refractivity contribution in [2.45, 2.75) is 37.6 Å². The first kappa shape index (κ1) is 4.77. The summed E-state index contributed by atoms with van der Waals surface area (Å²) in [5.41, 5.74) is 0. The first-order valence-electron chi connectivity index (χ1n) is 3.17. The van der Waals surface area contributed by atoms with E-state index in [0.29, 0.717) is 12.2 Å². The normalized spacial score (nSPS) is 52.9. The summed E-state index contributed by atoms with van der Waals surface area (Å²) in [6, 6.07) is 0. The van der Waals surface area contributed by atoms with Crippen molar-refractivity contribution in [3.8, 4) is 0 Å². The Morgan fingerprint density at radius 2 is 2.12 bits per heavy atom. The van der Waals surface area contributed by atoms with Crippen LogP contribution in [0.25, 0.3) is 0 Å². The Morgan fingerprint density at radius 1 is 1.25 bits per heavy atom. The smallest absolute Gasteiger partial charge is 0.0956 e. The predicted octanol–water partition coefficient (Wildman–Crippen LogP) is 0.737. The second kappa shape index (κ2) is 1.45. The quantitative estimate of drug-likeness (QED) is 0.426. The molecule has 2 fully saturated rings. The van der Waals surface area contributed by atoms with Gasteiger partial charge in [0.05, 0.1) is 18.3 Å². The number of hydrogen-bond acceptors (Lipinski definition) is 1.